The van der Waals surface area contributed by atoms with E-state index in [1.54, 1.807) is 6.21 Å². The van der Waals surface area contributed by atoms with Crippen molar-refractivity contribution >= 4 is 51.9 Å². The summed E-state index contributed by atoms with van der Waals surface area (Å²) in [7, 11) is 0. The average Bonchev–Trinajstić information content (AvgIpc) is 3.16. The molecule has 3 aromatic rings. The Kier molecular flexibility index (Phi) is 7.96. The molecule has 0 bridgehead atoms. The van der Waals surface area contributed by atoms with Gasteiger partial charge in [0, 0.05) is 54.1 Å². The van der Waals surface area contributed by atoms with Crippen LogP contribution in [0, 0.1) is 0 Å². The van der Waals surface area contributed by atoms with Gasteiger partial charge in [-0.25, -0.2) is 5.43 Å². The Morgan fingerprint density at radius 3 is 2.52 bits per heavy atom. The van der Waals surface area contributed by atoms with Gasteiger partial charge >= 0.3 is 0 Å². The van der Waals surface area contributed by atoms with Gasteiger partial charge in [-0.05, 0) is 35.7 Å². The number of carbonyl (C=O) groups is 1. The summed E-state index contributed by atoms with van der Waals surface area (Å²) in [5.41, 5.74) is 6.78. The zero-order valence-corrected chi connectivity index (χ0v) is 17.6. The molecule has 2 aromatic carbocycles. The molecule has 0 unspecified atom stereocenters. The van der Waals surface area contributed by atoms with Gasteiger partial charge in [0.05, 0.1) is 6.21 Å². The minimum atomic E-state index is -0.112. The quantitative estimate of drug-likeness (QED) is 0.281. The molecule has 2 N–H and O–H groups in total. The lowest BCUT2D eigenvalue weighted by Crippen LogP contribution is -2.27. The highest BCUT2D eigenvalue weighted by Gasteiger charge is 2.07. The normalized spacial score (nSPS) is 11.2. The zero-order chi connectivity index (χ0) is 20.5. The molecule has 1 amide bonds. The van der Waals surface area contributed by atoms with Crippen LogP contribution in [0.25, 0.3) is 10.9 Å². The number of alkyl halides is 2. The number of hydrogen-bond acceptors (Lipinski definition) is 3. The van der Waals surface area contributed by atoms with E-state index in [0.717, 1.165) is 40.8 Å². The standard InChI is InChI=1S/C22H24Cl2N4O/c23-11-13-28(14-12-24)19-8-5-17(6-9-19)15-26-27-22(29)10-7-18-16-25-21-4-2-1-3-20(18)21/h1-6,8-9,15-16,25H,7,10-14H2,(H,27,29)/b26-15-. The van der Waals surface area contributed by atoms with E-state index in [-0.39, 0.29) is 5.91 Å². The molecule has 0 fully saturated rings. The fourth-order valence-corrected chi connectivity index (χ4v) is 3.57. The summed E-state index contributed by atoms with van der Waals surface area (Å²) in [4.78, 5) is 17.4. The minimum absolute atomic E-state index is 0.112. The minimum Gasteiger partial charge on any atom is -0.369 e. The number of benzene rings is 2. The molecule has 1 heterocycles. The summed E-state index contributed by atoms with van der Waals surface area (Å²) in [5, 5.41) is 5.22. The van der Waals surface area contributed by atoms with Crippen molar-refractivity contribution in [3.05, 3.63) is 65.9 Å². The van der Waals surface area contributed by atoms with Crippen LogP contribution in [0.3, 0.4) is 0 Å². The fourth-order valence-electron chi connectivity index (χ4n) is 3.17. The van der Waals surface area contributed by atoms with E-state index in [0.29, 0.717) is 24.6 Å². The van der Waals surface area contributed by atoms with Crippen LogP contribution in [0.1, 0.15) is 17.5 Å². The molecule has 29 heavy (non-hydrogen) atoms. The topological polar surface area (TPSA) is 60.5 Å². The largest absolute Gasteiger partial charge is 0.369 e. The Balaban J connectivity index is 1.49. The molecule has 0 aliphatic heterocycles. The van der Waals surface area contributed by atoms with E-state index < -0.39 is 0 Å². The molecule has 0 aliphatic carbocycles. The lowest BCUT2D eigenvalue weighted by Gasteiger charge is -2.22. The number of nitrogens with one attached hydrogen (secondary N) is 2. The van der Waals surface area contributed by atoms with Crippen molar-refractivity contribution in [2.75, 3.05) is 29.7 Å². The van der Waals surface area contributed by atoms with Crippen molar-refractivity contribution in [1.82, 2.24) is 10.4 Å². The molecule has 5 nitrogen and oxygen atoms in total. The van der Waals surface area contributed by atoms with Crippen LogP contribution in [0.4, 0.5) is 5.69 Å². The first-order chi connectivity index (χ1) is 14.2. The molecule has 1 aromatic heterocycles. The summed E-state index contributed by atoms with van der Waals surface area (Å²) in [6.45, 7) is 1.49. The molecule has 0 radical (unpaired) electrons. The van der Waals surface area contributed by atoms with E-state index in [4.69, 9.17) is 23.2 Å². The Morgan fingerprint density at radius 2 is 1.79 bits per heavy atom. The molecule has 0 saturated heterocycles. The molecule has 3 rings (SSSR count). The third-order valence-corrected chi connectivity index (χ3v) is 5.00. The second-order valence-electron chi connectivity index (χ2n) is 6.61. The van der Waals surface area contributed by atoms with Crippen molar-refractivity contribution in [2.24, 2.45) is 5.10 Å². The van der Waals surface area contributed by atoms with Crippen LogP contribution >= 0.6 is 23.2 Å². The van der Waals surface area contributed by atoms with Crippen molar-refractivity contribution < 1.29 is 4.79 Å². The number of para-hydroxylation sites is 1. The number of nitrogens with zero attached hydrogens (tertiary/aromatic N) is 2. The molecule has 0 saturated carbocycles. The monoisotopic (exact) mass is 430 g/mol. The predicted octanol–water partition coefficient (Wildman–Crippen LogP) is 4.53. The van der Waals surface area contributed by atoms with Gasteiger partial charge in [-0.1, -0.05) is 30.3 Å². The third-order valence-electron chi connectivity index (χ3n) is 4.67. The Hall–Kier alpha value is -2.50. The maximum atomic E-state index is 12.1. The van der Waals surface area contributed by atoms with Crippen LogP contribution < -0.4 is 10.3 Å². The number of H-pyrrole nitrogens is 1. The third kappa shape index (κ3) is 5.99. The Labute approximate surface area is 180 Å². The van der Waals surface area contributed by atoms with Gasteiger partial charge in [0.25, 0.3) is 0 Å². The molecule has 0 spiro atoms. The molecule has 0 aliphatic rings. The van der Waals surface area contributed by atoms with Crippen molar-refractivity contribution in [3.63, 3.8) is 0 Å². The van der Waals surface area contributed by atoms with Crippen molar-refractivity contribution in [1.29, 1.82) is 0 Å². The number of amides is 1. The van der Waals surface area contributed by atoms with Gasteiger partial charge < -0.3 is 9.88 Å². The number of fused-ring (bicyclic) bond motifs is 1. The highest BCUT2D eigenvalue weighted by Crippen LogP contribution is 2.19. The average molecular weight is 431 g/mol. The Morgan fingerprint density at radius 1 is 1.07 bits per heavy atom. The SMILES string of the molecule is O=C(CCc1c[nH]c2ccccc12)N/N=C\c1ccc(N(CCCl)CCCl)cc1. The van der Waals surface area contributed by atoms with Crippen LogP contribution in [-0.4, -0.2) is 42.0 Å². The van der Waals surface area contributed by atoms with Gasteiger partial charge in [-0.15, -0.1) is 23.2 Å². The van der Waals surface area contributed by atoms with Crippen LogP contribution in [0.2, 0.25) is 0 Å². The van der Waals surface area contributed by atoms with E-state index in [2.05, 4.69) is 26.5 Å². The van der Waals surface area contributed by atoms with Gasteiger partial charge in [-0.3, -0.25) is 4.79 Å². The molecular weight excluding hydrogens is 407 g/mol. The molecule has 152 valence electrons. The van der Waals surface area contributed by atoms with Gasteiger partial charge in [0.2, 0.25) is 5.91 Å². The first-order valence-corrected chi connectivity index (χ1v) is 10.6. The van der Waals surface area contributed by atoms with E-state index in [1.165, 1.54) is 0 Å². The molecular formula is C22H24Cl2N4O. The highest BCUT2D eigenvalue weighted by molar-refractivity contribution is 6.18. The molecule has 7 heteroatoms. The smallest absolute Gasteiger partial charge is 0.240 e. The van der Waals surface area contributed by atoms with E-state index >= 15 is 0 Å². The fraction of sp³-hybridized carbons (Fsp3) is 0.273. The summed E-state index contributed by atoms with van der Waals surface area (Å²) in [6, 6.07) is 16.0. The number of aromatic nitrogens is 1. The maximum absolute atomic E-state index is 12.1. The van der Waals surface area contributed by atoms with Gasteiger partial charge in [0.1, 0.15) is 0 Å². The van der Waals surface area contributed by atoms with Crippen LogP contribution in [-0.2, 0) is 11.2 Å². The first-order valence-electron chi connectivity index (χ1n) is 9.55. The second kappa shape index (κ2) is 10.9. The lowest BCUT2D eigenvalue weighted by molar-refractivity contribution is -0.121. The number of halogens is 2. The summed E-state index contributed by atoms with van der Waals surface area (Å²) in [5.74, 6) is 0.980. The van der Waals surface area contributed by atoms with E-state index in [1.807, 2.05) is 48.7 Å². The molecule has 0 atom stereocenters. The summed E-state index contributed by atoms with van der Waals surface area (Å²) < 4.78 is 0. The highest BCUT2D eigenvalue weighted by atomic mass is 35.5. The summed E-state index contributed by atoms with van der Waals surface area (Å²) in [6.07, 6.45) is 4.64. The second-order valence-corrected chi connectivity index (χ2v) is 7.37. The zero-order valence-electron chi connectivity index (χ0n) is 16.1. The summed E-state index contributed by atoms with van der Waals surface area (Å²) >= 11 is 11.7. The number of aromatic amines is 1. The number of hydrazone groups is 1. The Bertz CT molecular complexity index is 947. The van der Waals surface area contributed by atoms with Gasteiger partial charge in [0.15, 0.2) is 0 Å². The number of aryl methyl sites for hydroxylation is 1. The number of anilines is 1. The van der Waals surface area contributed by atoms with Crippen molar-refractivity contribution in [2.45, 2.75) is 12.8 Å². The van der Waals surface area contributed by atoms with Crippen LogP contribution in [0.5, 0.6) is 0 Å². The number of hydrogen-bond donors (Lipinski definition) is 2. The van der Waals surface area contributed by atoms with Crippen molar-refractivity contribution in [3.8, 4) is 0 Å². The van der Waals surface area contributed by atoms with Crippen LogP contribution in [0.15, 0.2) is 59.8 Å². The van der Waals surface area contributed by atoms with E-state index in [9.17, 15) is 4.79 Å². The van der Waals surface area contributed by atoms with Gasteiger partial charge in [-0.2, -0.15) is 5.10 Å². The number of rotatable bonds is 10. The first kappa shape index (κ1) is 21.2. The maximum Gasteiger partial charge on any atom is 0.240 e. The predicted molar refractivity (Wildman–Crippen MR) is 122 cm³/mol. The number of carbonyl (C=O) groups excluding carboxylic acids is 1. The lowest BCUT2D eigenvalue weighted by atomic mass is 10.1.